The van der Waals surface area contributed by atoms with E-state index < -0.39 is 6.09 Å². The van der Waals surface area contributed by atoms with Crippen LogP contribution >= 0.6 is 0 Å². The van der Waals surface area contributed by atoms with E-state index in [0.29, 0.717) is 70.5 Å². The van der Waals surface area contributed by atoms with Crippen LogP contribution in [0.4, 0.5) is 4.79 Å². The topological polar surface area (TPSA) is 128 Å². The van der Waals surface area contributed by atoms with Gasteiger partial charge in [0.15, 0.2) is 0 Å². The Balaban J connectivity index is 1.83. The molecule has 0 aromatic heterocycles. The number of nitrogens with one attached hydrogen (secondary N) is 2. The molecule has 1 aromatic rings. The van der Waals surface area contributed by atoms with Crippen molar-refractivity contribution in [3.8, 4) is 6.07 Å². The third kappa shape index (κ3) is 12.7. The van der Waals surface area contributed by atoms with Gasteiger partial charge in [0.05, 0.1) is 64.5 Å². The molecule has 166 valence electrons. The molecule has 1 rings (SSSR count). The lowest BCUT2D eigenvalue weighted by molar-refractivity contribution is -0.00612. The van der Waals surface area contributed by atoms with Gasteiger partial charge < -0.3 is 34.3 Å². The summed E-state index contributed by atoms with van der Waals surface area (Å²) >= 11 is 0. The minimum absolute atomic E-state index is 0.196. The lowest BCUT2D eigenvalue weighted by atomic mass is 10.1. The molecule has 0 aliphatic carbocycles. The second-order valence-electron chi connectivity index (χ2n) is 5.78. The SMILES string of the molecule is CNC(=O)OCCOCCOCCOCCOCCNC(=O)c1ccc(C#N)cc1. The van der Waals surface area contributed by atoms with Crippen LogP contribution in [0.2, 0.25) is 0 Å². The first kappa shape index (κ1) is 25.3. The smallest absolute Gasteiger partial charge is 0.406 e. The minimum atomic E-state index is -0.483. The fourth-order valence-corrected chi connectivity index (χ4v) is 2.06. The number of benzene rings is 1. The van der Waals surface area contributed by atoms with E-state index in [1.165, 1.54) is 7.05 Å². The Morgan fingerprint density at radius 1 is 0.833 bits per heavy atom. The average Bonchev–Trinajstić information content (AvgIpc) is 2.78. The zero-order valence-corrected chi connectivity index (χ0v) is 17.2. The fourth-order valence-electron chi connectivity index (χ4n) is 2.06. The first-order valence-corrected chi connectivity index (χ1v) is 9.61. The predicted molar refractivity (Wildman–Crippen MR) is 107 cm³/mol. The highest BCUT2D eigenvalue weighted by atomic mass is 16.6. The number of rotatable bonds is 16. The van der Waals surface area contributed by atoms with Crippen LogP contribution in [0.25, 0.3) is 0 Å². The molecular weight excluding hydrogens is 394 g/mol. The summed E-state index contributed by atoms with van der Waals surface area (Å²) in [6.07, 6.45) is -0.483. The minimum Gasteiger partial charge on any atom is -0.447 e. The monoisotopic (exact) mass is 423 g/mol. The molecule has 0 saturated carbocycles. The number of ether oxygens (including phenoxy) is 5. The molecule has 2 amide bonds. The molecule has 0 atom stereocenters. The molecule has 0 bridgehead atoms. The number of amides is 2. The number of carbonyl (C=O) groups excluding carboxylic acids is 2. The summed E-state index contributed by atoms with van der Waals surface area (Å²) in [4.78, 5) is 22.7. The molecule has 0 unspecified atom stereocenters. The van der Waals surface area contributed by atoms with Crippen molar-refractivity contribution in [3.05, 3.63) is 35.4 Å². The first-order chi connectivity index (χ1) is 14.7. The average molecular weight is 423 g/mol. The Labute approximate surface area is 176 Å². The summed E-state index contributed by atoms with van der Waals surface area (Å²) < 4.78 is 26.1. The van der Waals surface area contributed by atoms with Crippen molar-refractivity contribution in [2.24, 2.45) is 0 Å². The van der Waals surface area contributed by atoms with Gasteiger partial charge in [0, 0.05) is 19.2 Å². The first-order valence-electron chi connectivity index (χ1n) is 9.61. The van der Waals surface area contributed by atoms with Crippen molar-refractivity contribution in [3.63, 3.8) is 0 Å². The number of nitriles is 1. The number of nitrogens with zero attached hydrogens (tertiary/aromatic N) is 1. The quantitative estimate of drug-likeness (QED) is 0.372. The van der Waals surface area contributed by atoms with E-state index in [2.05, 4.69) is 10.6 Å². The van der Waals surface area contributed by atoms with E-state index >= 15 is 0 Å². The van der Waals surface area contributed by atoms with Gasteiger partial charge in [0.1, 0.15) is 6.61 Å². The van der Waals surface area contributed by atoms with E-state index in [0.717, 1.165) is 0 Å². The molecule has 0 aliphatic rings. The van der Waals surface area contributed by atoms with Gasteiger partial charge in [-0.3, -0.25) is 4.79 Å². The number of carbonyl (C=O) groups is 2. The highest BCUT2D eigenvalue weighted by Gasteiger charge is 2.04. The van der Waals surface area contributed by atoms with Gasteiger partial charge in [0.25, 0.3) is 5.91 Å². The standard InChI is InChI=1S/C20H29N3O7/c1-22-20(25)30-15-14-29-13-12-28-11-10-27-9-8-26-7-6-23-19(24)18-4-2-17(16-21)3-5-18/h2-5H,6-15H2,1H3,(H,22,25)(H,23,24). The summed E-state index contributed by atoms with van der Waals surface area (Å²) in [6.45, 7) is 3.85. The molecule has 2 N–H and O–H groups in total. The fraction of sp³-hybridized carbons (Fsp3) is 0.550. The second-order valence-corrected chi connectivity index (χ2v) is 5.78. The molecule has 0 radical (unpaired) electrons. The number of hydrogen-bond donors (Lipinski definition) is 2. The van der Waals surface area contributed by atoms with Gasteiger partial charge in [-0.1, -0.05) is 0 Å². The maximum atomic E-state index is 11.9. The molecule has 1 aromatic carbocycles. The Morgan fingerprint density at radius 3 is 1.83 bits per heavy atom. The third-order valence-electron chi connectivity index (χ3n) is 3.59. The number of alkyl carbamates (subject to hydrolysis) is 1. The van der Waals surface area contributed by atoms with Crippen molar-refractivity contribution >= 4 is 12.0 Å². The Bertz CT molecular complexity index is 647. The summed E-state index contributed by atoms with van der Waals surface area (Å²) in [5.41, 5.74) is 1.01. The highest BCUT2D eigenvalue weighted by molar-refractivity contribution is 5.94. The number of hydrogen-bond acceptors (Lipinski definition) is 8. The summed E-state index contributed by atoms with van der Waals surface area (Å²) in [7, 11) is 1.49. The van der Waals surface area contributed by atoms with Crippen molar-refractivity contribution in [2.75, 3.05) is 73.1 Å². The predicted octanol–water partition coefficient (Wildman–Crippen LogP) is 0.710. The van der Waals surface area contributed by atoms with Gasteiger partial charge in [-0.15, -0.1) is 0 Å². The van der Waals surface area contributed by atoms with E-state index in [9.17, 15) is 9.59 Å². The molecule has 0 spiro atoms. The molecule has 0 fully saturated rings. The van der Waals surface area contributed by atoms with Crippen molar-refractivity contribution in [1.29, 1.82) is 5.26 Å². The van der Waals surface area contributed by atoms with Crippen LogP contribution in [-0.4, -0.2) is 85.1 Å². The summed E-state index contributed by atoms with van der Waals surface area (Å²) in [5, 5.41) is 13.8. The van der Waals surface area contributed by atoms with Crippen LogP contribution in [0.15, 0.2) is 24.3 Å². The maximum absolute atomic E-state index is 11.9. The van der Waals surface area contributed by atoms with Gasteiger partial charge in [-0.25, -0.2) is 4.79 Å². The van der Waals surface area contributed by atoms with E-state index in [-0.39, 0.29) is 12.5 Å². The van der Waals surface area contributed by atoms with Crippen molar-refractivity contribution < 1.29 is 33.3 Å². The zero-order valence-electron chi connectivity index (χ0n) is 17.2. The van der Waals surface area contributed by atoms with E-state index in [4.69, 9.17) is 28.9 Å². The zero-order chi connectivity index (χ0) is 21.9. The lowest BCUT2D eigenvalue weighted by Gasteiger charge is -2.08. The lowest BCUT2D eigenvalue weighted by Crippen LogP contribution is -2.27. The maximum Gasteiger partial charge on any atom is 0.406 e. The van der Waals surface area contributed by atoms with Crippen LogP contribution in [-0.2, 0) is 23.7 Å². The van der Waals surface area contributed by atoms with Crippen LogP contribution in [0.5, 0.6) is 0 Å². The molecular formula is C20H29N3O7. The van der Waals surface area contributed by atoms with Gasteiger partial charge >= 0.3 is 6.09 Å². The summed E-state index contributed by atoms with van der Waals surface area (Å²) in [6, 6.07) is 8.43. The van der Waals surface area contributed by atoms with Crippen LogP contribution < -0.4 is 10.6 Å². The van der Waals surface area contributed by atoms with Gasteiger partial charge in [-0.05, 0) is 24.3 Å². The molecule has 0 aliphatic heterocycles. The normalized spacial score (nSPS) is 10.3. The Kier molecular flexibility index (Phi) is 14.5. The van der Waals surface area contributed by atoms with Gasteiger partial charge in [0.2, 0.25) is 0 Å². The highest BCUT2D eigenvalue weighted by Crippen LogP contribution is 2.02. The molecule has 0 saturated heterocycles. The molecule has 10 heteroatoms. The van der Waals surface area contributed by atoms with Gasteiger partial charge in [-0.2, -0.15) is 5.26 Å². The van der Waals surface area contributed by atoms with E-state index in [1.54, 1.807) is 24.3 Å². The van der Waals surface area contributed by atoms with Crippen LogP contribution in [0.3, 0.4) is 0 Å². The Morgan fingerprint density at radius 2 is 1.33 bits per heavy atom. The van der Waals surface area contributed by atoms with Crippen LogP contribution in [0, 0.1) is 11.3 Å². The molecule has 30 heavy (non-hydrogen) atoms. The molecule has 10 nitrogen and oxygen atoms in total. The van der Waals surface area contributed by atoms with Crippen LogP contribution in [0.1, 0.15) is 15.9 Å². The van der Waals surface area contributed by atoms with E-state index in [1.807, 2.05) is 6.07 Å². The summed E-state index contributed by atoms with van der Waals surface area (Å²) in [5.74, 6) is -0.209. The third-order valence-corrected chi connectivity index (χ3v) is 3.59. The van der Waals surface area contributed by atoms with Crippen molar-refractivity contribution in [1.82, 2.24) is 10.6 Å². The van der Waals surface area contributed by atoms with Crippen molar-refractivity contribution in [2.45, 2.75) is 0 Å². The second kappa shape index (κ2) is 17.2. The molecule has 0 heterocycles. The Hall–Kier alpha value is -2.71. The largest absolute Gasteiger partial charge is 0.447 e.